The van der Waals surface area contributed by atoms with Gasteiger partial charge in [-0.2, -0.15) is 0 Å². The Morgan fingerprint density at radius 1 is 0.338 bits per heavy atom. The van der Waals surface area contributed by atoms with Gasteiger partial charge in [-0.25, -0.2) is 0 Å². The predicted molar refractivity (Wildman–Crippen MR) is 301 cm³/mol. The molecule has 6 aliphatic rings. The van der Waals surface area contributed by atoms with Crippen molar-refractivity contribution in [2.45, 2.75) is 120 Å². The zero-order valence-electron chi connectivity index (χ0n) is 42.6. The van der Waals surface area contributed by atoms with E-state index in [4.69, 9.17) is 0 Å². The van der Waals surface area contributed by atoms with Crippen molar-refractivity contribution in [3.63, 3.8) is 0 Å². The van der Waals surface area contributed by atoms with Crippen LogP contribution < -0.4 is 4.90 Å². The Morgan fingerprint density at radius 3 is 1.32 bits per heavy atom. The smallest absolute Gasteiger partial charge is 0.0411 e. The highest BCUT2D eigenvalue weighted by molar-refractivity contribution is 6.05. The molecular weight excluding hydrogens is 855 g/mol. The summed E-state index contributed by atoms with van der Waals surface area (Å²) in [5.74, 6) is 0. The van der Waals surface area contributed by atoms with E-state index in [1.54, 1.807) is 22.3 Å². The van der Waals surface area contributed by atoms with E-state index in [9.17, 15) is 0 Å². The summed E-state index contributed by atoms with van der Waals surface area (Å²) in [7, 11) is 2.21. The first-order valence-corrected chi connectivity index (χ1v) is 27.0. The molecule has 71 heavy (non-hydrogen) atoms. The molecule has 2 fully saturated rings. The number of hydrogen-bond donors (Lipinski definition) is 0. The second kappa shape index (κ2) is 15.4. The summed E-state index contributed by atoms with van der Waals surface area (Å²) in [6.45, 7) is 11.8. The van der Waals surface area contributed by atoms with E-state index in [0.717, 1.165) is 0 Å². The van der Waals surface area contributed by atoms with Gasteiger partial charge < -0.3 is 4.90 Å². The SMILES string of the molecule is CC1(C)c2cc3c(cc2-c2c1ccc1ccccc21)C1(CCCCC1)c1ccccc1-3.Cc1ccc(N(C)c2ccc3c(c2)C2(CCCCC2)c2cc4c(cc2-3)C(C)(C)c2ccc3ccccc3c2-4)cc1. The average molecular weight is 920 g/mol. The maximum atomic E-state index is 2.64. The van der Waals surface area contributed by atoms with Crippen LogP contribution in [-0.4, -0.2) is 7.05 Å². The summed E-state index contributed by atoms with van der Waals surface area (Å²) >= 11 is 0. The molecule has 0 heterocycles. The lowest BCUT2D eigenvalue weighted by Crippen LogP contribution is -2.28. The van der Waals surface area contributed by atoms with Gasteiger partial charge in [-0.1, -0.05) is 187 Å². The van der Waals surface area contributed by atoms with Crippen molar-refractivity contribution in [1.29, 1.82) is 0 Å². The Morgan fingerprint density at radius 2 is 0.775 bits per heavy atom. The van der Waals surface area contributed by atoms with Gasteiger partial charge in [-0.3, -0.25) is 0 Å². The van der Waals surface area contributed by atoms with Gasteiger partial charge in [-0.15, -0.1) is 0 Å². The van der Waals surface area contributed by atoms with Gasteiger partial charge in [0.05, 0.1) is 0 Å². The van der Waals surface area contributed by atoms with Crippen LogP contribution in [0.1, 0.15) is 142 Å². The molecule has 9 aromatic rings. The van der Waals surface area contributed by atoms with Crippen molar-refractivity contribution in [2.24, 2.45) is 0 Å². The number of fused-ring (bicyclic) bond motifs is 20. The molecule has 9 aromatic carbocycles. The van der Waals surface area contributed by atoms with E-state index < -0.39 is 0 Å². The molecule has 1 nitrogen and oxygen atoms in total. The van der Waals surface area contributed by atoms with Crippen molar-refractivity contribution >= 4 is 32.9 Å². The number of hydrogen-bond acceptors (Lipinski definition) is 1. The minimum Gasteiger partial charge on any atom is -0.345 e. The standard InChI is InChI=1S/C39H37N.C31H28/c1-25-12-15-27(16-13-25)40(4)28-17-18-30-31-23-34-32(24-36(31)39(35(30)22-28)20-8-5-9-21-39)37-29-11-7-6-10-26(29)14-19-33(37)38(34,2)3;1-30(2)26-15-14-20-10-4-5-11-21(20)29(26)24-19-28-23(18-27(24)30)22-12-6-7-13-25(22)31(28)16-8-3-9-17-31/h6-7,10-19,22-24H,5,8-9,20-21H2,1-4H3;4-7,10-15,18-19H,3,8-9,16-17H2,1-2H3. The molecule has 0 radical (unpaired) electrons. The quantitative estimate of drug-likeness (QED) is 0.167. The fourth-order valence-electron chi connectivity index (χ4n) is 15.4. The average Bonchev–Trinajstić information content (AvgIpc) is 4.00. The van der Waals surface area contributed by atoms with Crippen LogP contribution in [0, 0.1) is 6.92 Å². The van der Waals surface area contributed by atoms with Crippen molar-refractivity contribution in [3.8, 4) is 44.5 Å². The maximum Gasteiger partial charge on any atom is 0.0411 e. The number of rotatable bonds is 2. The Bertz CT molecular complexity index is 3680. The summed E-state index contributed by atoms with van der Waals surface area (Å²) in [4.78, 5) is 2.35. The first kappa shape index (κ1) is 43.1. The number of aryl methyl sites for hydroxylation is 1. The molecule has 15 rings (SSSR count). The topological polar surface area (TPSA) is 3.24 Å². The van der Waals surface area contributed by atoms with Crippen LogP contribution >= 0.6 is 0 Å². The third kappa shape index (κ3) is 5.99. The van der Waals surface area contributed by atoms with Crippen LogP contribution in [0.5, 0.6) is 0 Å². The van der Waals surface area contributed by atoms with E-state index in [0.29, 0.717) is 0 Å². The fraction of sp³-hybridized carbons (Fsp3) is 0.286. The number of anilines is 2. The Kier molecular flexibility index (Phi) is 9.35. The molecule has 6 aliphatic carbocycles. The normalized spacial score (nSPS) is 18.2. The zero-order valence-corrected chi connectivity index (χ0v) is 42.6. The Labute approximate surface area is 421 Å². The molecule has 0 aliphatic heterocycles. The van der Waals surface area contributed by atoms with Gasteiger partial charge in [0.15, 0.2) is 0 Å². The number of benzene rings is 9. The van der Waals surface area contributed by atoms with Crippen molar-refractivity contribution in [3.05, 3.63) is 214 Å². The first-order valence-electron chi connectivity index (χ1n) is 27.0. The molecule has 0 unspecified atom stereocenters. The molecule has 0 aromatic heterocycles. The Balaban J connectivity index is 0.000000137. The van der Waals surface area contributed by atoms with Crippen LogP contribution in [0.15, 0.2) is 164 Å². The summed E-state index contributed by atoms with van der Waals surface area (Å²) in [5.41, 5.74) is 28.2. The first-order chi connectivity index (χ1) is 34.5. The lowest BCUT2D eigenvalue weighted by molar-refractivity contribution is 0.353. The highest BCUT2D eigenvalue weighted by atomic mass is 15.1. The minimum absolute atomic E-state index is 0.0161. The summed E-state index contributed by atoms with van der Waals surface area (Å²) in [5, 5.41) is 5.48. The maximum absolute atomic E-state index is 2.64. The van der Waals surface area contributed by atoms with Gasteiger partial charge in [0.2, 0.25) is 0 Å². The van der Waals surface area contributed by atoms with Crippen molar-refractivity contribution in [2.75, 3.05) is 11.9 Å². The molecule has 0 N–H and O–H groups in total. The highest BCUT2D eigenvalue weighted by Crippen LogP contribution is 2.63. The van der Waals surface area contributed by atoms with E-state index >= 15 is 0 Å². The summed E-state index contributed by atoms with van der Waals surface area (Å²) in [6.07, 6.45) is 13.1. The molecule has 0 amide bonds. The van der Waals surface area contributed by atoms with Crippen LogP contribution in [0.25, 0.3) is 66.1 Å². The summed E-state index contributed by atoms with van der Waals surface area (Å²) in [6, 6.07) is 63.2. The monoisotopic (exact) mass is 920 g/mol. The van der Waals surface area contributed by atoms with Gasteiger partial charge in [0.1, 0.15) is 0 Å². The highest BCUT2D eigenvalue weighted by Gasteiger charge is 2.48. The zero-order chi connectivity index (χ0) is 48.0. The second-order valence-electron chi connectivity index (χ2n) is 23.5. The van der Waals surface area contributed by atoms with Crippen LogP contribution in [0.3, 0.4) is 0 Å². The van der Waals surface area contributed by atoms with Gasteiger partial charge in [0, 0.05) is 40.1 Å². The van der Waals surface area contributed by atoms with E-state index in [2.05, 4.69) is 210 Å². The molecule has 2 saturated carbocycles. The number of nitrogens with zero attached hydrogens (tertiary/aromatic N) is 1. The van der Waals surface area contributed by atoms with Gasteiger partial charge in [-0.05, 0) is 192 Å². The van der Waals surface area contributed by atoms with Crippen molar-refractivity contribution < 1.29 is 0 Å². The third-order valence-electron chi connectivity index (χ3n) is 19.2. The molecule has 0 atom stereocenters. The minimum atomic E-state index is -0.0161. The third-order valence-corrected chi connectivity index (χ3v) is 19.2. The van der Waals surface area contributed by atoms with Crippen molar-refractivity contribution in [1.82, 2.24) is 0 Å². The molecule has 350 valence electrons. The second-order valence-corrected chi connectivity index (χ2v) is 23.5. The van der Waals surface area contributed by atoms with E-state index in [1.165, 1.54) is 169 Å². The predicted octanol–water partition coefficient (Wildman–Crippen LogP) is 18.8. The molecule has 2 spiro atoms. The van der Waals surface area contributed by atoms with Gasteiger partial charge in [0.25, 0.3) is 0 Å². The molecule has 0 saturated heterocycles. The molecular formula is C70H65N. The van der Waals surface area contributed by atoms with E-state index in [1.807, 2.05) is 0 Å². The van der Waals surface area contributed by atoms with Crippen LogP contribution in [-0.2, 0) is 21.7 Å². The lowest BCUT2D eigenvalue weighted by atomic mass is 9.67. The molecule has 0 bridgehead atoms. The van der Waals surface area contributed by atoms with E-state index in [-0.39, 0.29) is 21.7 Å². The Hall–Kier alpha value is -6.70. The van der Waals surface area contributed by atoms with Crippen LogP contribution in [0.4, 0.5) is 11.4 Å². The molecule has 1 heteroatoms. The summed E-state index contributed by atoms with van der Waals surface area (Å²) < 4.78 is 0. The van der Waals surface area contributed by atoms with Crippen LogP contribution in [0.2, 0.25) is 0 Å². The lowest BCUT2D eigenvalue weighted by Gasteiger charge is -2.36. The largest absolute Gasteiger partial charge is 0.345 e. The van der Waals surface area contributed by atoms with Gasteiger partial charge >= 0.3 is 0 Å². The fourth-order valence-corrected chi connectivity index (χ4v) is 15.4.